The minimum absolute atomic E-state index is 0.288. The zero-order chi connectivity index (χ0) is 22.1. The van der Waals surface area contributed by atoms with E-state index < -0.39 is 9.84 Å². The Morgan fingerprint density at radius 1 is 1.00 bits per heavy atom. The molecule has 5 rings (SSSR count). The van der Waals surface area contributed by atoms with Crippen molar-refractivity contribution in [2.45, 2.75) is 24.2 Å². The summed E-state index contributed by atoms with van der Waals surface area (Å²) < 4.78 is 25.6. The van der Waals surface area contributed by atoms with Gasteiger partial charge in [0.15, 0.2) is 15.5 Å². The average molecular weight is 447 g/mol. The van der Waals surface area contributed by atoms with Crippen LogP contribution in [0.15, 0.2) is 72.0 Å². The van der Waals surface area contributed by atoms with E-state index in [4.69, 9.17) is 0 Å². The Kier molecular flexibility index (Phi) is 5.53. The number of benzene rings is 2. The molecule has 0 aliphatic carbocycles. The Hall–Kier alpha value is -3.03. The fourth-order valence-corrected chi connectivity index (χ4v) is 5.04. The maximum atomic E-state index is 11.9. The van der Waals surface area contributed by atoms with Gasteiger partial charge in [-0.25, -0.2) is 17.9 Å². The fourth-order valence-electron chi connectivity index (χ4n) is 4.37. The van der Waals surface area contributed by atoms with Crippen molar-refractivity contribution in [2.24, 2.45) is 5.92 Å². The van der Waals surface area contributed by atoms with Crippen LogP contribution in [0.4, 0.5) is 0 Å². The van der Waals surface area contributed by atoms with Crippen molar-refractivity contribution < 1.29 is 8.42 Å². The van der Waals surface area contributed by atoms with E-state index >= 15 is 0 Å². The van der Waals surface area contributed by atoms with Crippen LogP contribution >= 0.6 is 0 Å². The third-order valence-corrected chi connectivity index (χ3v) is 7.31. The maximum absolute atomic E-state index is 11.9. The molecule has 1 aliphatic rings. The first-order valence-electron chi connectivity index (χ1n) is 10.9. The van der Waals surface area contributed by atoms with Gasteiger partial charge in [0.05, 0.1) is 11.1 Å². The lowest BCUT2D eigenvalue weighted by Gasteiger charge is -2.22. The lowest BCUT2D eigenvalue weighted by Crippen LogP contribution is -2.28. The average Bonchev–Trinajstić information content (AvgIpc) is 3.23. The van der Waals surface area contributed by atoms with Gasteiger partial charge < -0.3 is 5.32 Å². The van der Waals surface area contributed by atoms with Crippen LogP contribution in [0.5, 0.6) is 0 Å². The third-order valence-electron chi connectivity index (χ3n) is 6.20. The molecule has 2 aromatic heterocycles. The van der Waals surface area contributed by atoms with Gasteiger partial charge in [-0.2, -0.15) is 5.10 Å². The molecule has 2 aromatic carbocycles. The first-order chi connectivity index (χ1) is 15.5. The Morgan fingerprint density at radius 3 is 2.53 bits per heavy atom. The van der Waals surface area contributed by atoms with Gasteiger partial charge in [0.25, 0.3) is 0 Å². The fraction of sp³-hybridized carbons (Fsp3) is 0.280. The normalized spacial score (nSPS) is 15.3. The van der Waals surface area contributed by atoms with Gasteiger partial charge in [0.2, 0.25) is 0 Å². The summed E-state index contributed by atoms with van der Waals surface area (Å²) in [5, 5.41) is 7.89. The topological polar surface area (TPSA) is 76.4 Å². The van der Waals surface area contributed by atoms with Crippen LogP contribution in [0.2, 0.25) is 0 Å². The summed E-state index contributed by atoms with van der Waals surface area (Å²) in [7, 11) is -3.28. The molecule has 4 aromatic rings. The van der Waals surface area contributed by atoms with Crippen molar-refractivity contribution in [1.29, 1.82) is 0 Å². The number of fused-ring (bicyclic) bond motifs is 1. The van der Waals surface area contributed by atoms with Crippen molar-refractivity contribution >= 4 is 15.5 Å². The van der Waals surface area contributed by atoms with Gasteiger partial charge in [-0.15, -0.1) is 0 Å². The highest BCUT2D eigenvalue weighted by Crippen LogP contribution is 2.28. The van der Waals surface area contributed by atoms with Crippen molar-refractivity contribution in [1.82, 2.24) is 19.9 Å². The number of hydrogen-bond acceptors (Lipinski definition) is 5. The minimum Gasteiger partial charge on any atom is -0.317 e. The number of aromatic nitrogens is 3. The molecule has 32 heavy (non-hydrogen) atoms. The molecule has 0 saturated carbocycles. The van der Waals surface area contributed by atoms with Crippen LogP contribution in [0.3, 0.4) is 0 Å². The van der Waals surface area contributed by atoms with Gasteiger partial charge in [-0.3, -0.25) is 0 Å². The Morgan fingerprint density at radius 2 is 1.78 bits per heavy atom. The highest BCUT2D eigenvalue weighted by Gasteiger charge is 2.15. The Bertz CT molecular complexity index is 1350. The lowest BCUT2D eigenvalue weighted by atomic mass is 9.90. The number of piperidine rings is 1. The highest BCUT2D eigenvalue weighted by atomic mass is 32.2. The lowest BCUT2D eigenvalue weighted by molar-refractivity contribution is 0.372. The van der Waals surface area contributed by atoms with Crippen LogP contribution in [0.1, 0.15) is 18.4 Å². The van der Waals surface area contributed by atoms with Gasteiger partial charge in [0, 0.05) is 29.8 Å². The number of hydrogen-bond donors (Lipinski definition) is 1. The molecule has 164 valence electrons. The van der Waals surface area contributed by atoms with Crippen molar-refractivity contribution in [3.63, 3.8) is 0 Å². The van der Waals surface area contributed by atoms with E-state index in [0.29, 0.717) is 5.65 Å². The Balaban J connectivity index is 1.40. The molecular weight excluding hydrogens is 420 g/mol. The van der Waals surface area contributed by atoms with E-state index in [2.05, 4.69) is 39.7 Å². The molecule has 1 fully saturated rings. The number of sulfone groups is 1. The monoisotopic (exact) mass is 446 g/mol. The SMILES string of the molecule is CS(=O)(=O)c1cccc(-c2cnn3cc(-c4ccc(CC5CCNCC5)cc4)cnc23)c1. The quantitative estimate of drug-likeness (QED) is 0.501. The summed E-state index contributed by atoms with van der Waals surface area (Å²) in [6, 6.07) is 15.6. The number of rotatable bonds is 5. The molecule has 0 amide bonds. The highest BCUT2D eigenvalue weighted by molar-refractivity contribution is 7.90. The second kappa shape index (κ2) is 8.48. The predicted molar refractivity (Wildman–Crippen MR) is 126 cm³/mol. The zero-order valence-electron chi connectivity index (χ0n) is 18.0. The van der Waals surface area contributed by atoms with E-state index in [0.717, 1.165) is 47.7 Å². The van der Waals surface area contributed by atoms with Crippen molar-refractivity contribution in [3.8, 4) is 22.3 Å². The van der Waals surface area contributed by atoms with Crippen LogP contribution in [0, 0.1) is 5.92 Å². The minimum atomic E-state index is -3.28. The zero-order valence-corrected chi connectivity index (χ0v) is 18.8. The smallest absolute Gasteiger partial charge is 0.175 e. The second-order valence-electron chi connectivity index (χ2n) is 8.56. The first kappa shape index (κ1) is 20.8. The molecule has 6 nitrogen and oxygen atoms in total. The molecule has 1 aliphatic heterocycles. The molecule has 1 N–H and O–H groups in total. The van der Waals surface area contributed by atoms with E-state index in [9.17, 15) is 8.42 Å². The number of nitrogens with zero attached hydrogens (tertiary/aromatic N) is 3. The van der Waals surface area contributed by atoms with Gasteiger partial charge in [-0.1, -0.05) is 36.4 Å². The molecule has 0 radical (unpaired) electrons. The van der Waals surface area contributed by atoms with E-state index in [1.54, 1.807) is 28.9 Å². The summed E-state index contributed by atoms with van der Waals surface area (Å²) in [5.41, 5.74) is 5.75. The molecular formula is C25H26N4O2S. The first-order valence-corrected chi connectivity index (χ1v) is 12.8. The molecule has 3 heterocycles. The summed E-state index contributed by atoms with van der Waals surface area (Å²) >= 11 is 0. The standard InChI is InChI=1S/C25H26N4O2S/c1-32(30,31)23-4-2-3-21(14-23)24-16-28-29-17-22(15-27-25(24)29)20-7-5-18(6-8-20)13-19-9-11-26-12-10-19/h2-8,14-17,19,26H,9-13H2,1H3. The molecule has 0 bridgehead atoms. The summed E-state index contributed by atoms with van der Waals surface area (Å²) in [6.45, 7) is 2.25. The third kappa shape index (κ3) is 4.31. The van der Waals surface area contributed by atoms with Gasteiger partial charge in [0.1, 0.15) is 0 Å². The molecule has 0 atom stereocenters. The second-order valence-corrected chi connectivity index (χ2v) is 10.6. The van der Waals surface area contributed by atoms with E-state index in [1.165, 1.54) is 24.7 Å². The van der Waals surface area contributed by atoms with Crippen LogP contribution in [0.25, 0.3) is 27.9 Å². The summed E-state index contributed by atoms with van der Waals surface area (Å²) in [6.07, 6.45) is 10.4. The molecule has 1 saturated heterocycles. The number of nitrogens with one attached hydrogen (secondary N) is 1. The maximum Gasteiger partial charge on any atom is 0.175 e. The van der Waals surface area contributed by atoms with Crippen molar-refractivity contribution in [2.75, 3.05) is 19.3 Å². The molecule has 0 unspecified atom stereocenters. The van der Waals surface area contributed by atoms with Crippen molar-refractivity contribution in [3.05, 3.63) is 72.7 Å². The predicted octanol–water partition coefficient (Wildman–Crippen LogP) is 4.01. The van der Waals surface area contributed by atoms with E-state index in [-0.39, 0.29) is 4.90 Å². The summed E-state index contributed by atoms with van der Waals surface area (Å²) in [4.78, 5) is 4.93. The largest absolute Gasteiger partial charge is 0.317 e. The van der Waals surface area contributed by atoms with Gasteiger partial charge in [-0.05, 0) is 67.1 Å². The molecule has 7 heteroatoms. The van der Waals surface area contributed by atoms with Crippen LogP contribution in [-0.4, -0.2) is 42.4 Å². The van der Waals surface area contributed by atoms with Gasteiger partial charge >= 0.3 is 0 Å². The Labute approximate surface area is 188 Å². The van der Waals surface area contributed by atoms with E-state index in [1.807, 2.05) is 18.5 Å². The molecule has 0 spiro atoms. The van der Waals surface area contributed by atoms with Crippen LogP contribution < -0.4 is 5.32 Å². The summed E-state index contributed by atoms with van der Waals surface area (Å²) in [5.74, 6) is 0.767. The van der Waals surface area contributed by atoms with Crippen LogP contribution in [-0.2, 0) is 16.3 Å².